The minimum Gasteiger partial charge on any atom is -0.481 e. The van der Waals surface area contributed by atoms with Gasteiger partial charge >= 0.3 is 11.9 Å². The molecule has 4 unspecified atom stereocenters. The van der Waals surface area contributed by atoms with E-state index in [9.17, 15) is 29.1 Å². The molecule has 3 rings (SSSR count). The average molecular weight is 594 g/mol. The van der Waals surface area contributed by atoms with Crippen molar-refractivity contribution < 1.29 is 34.2 Å². The Balaban J connectivity index is 1.88. The number of carboxylic acid groups (broad SMARTS) is 2. The number of aliphatic carboxylic acids is 2. The third-order valence-electron chi connectivity index (χ3n) is 6.98. The first-order chi connectivity index (χ1) is 20.4. The molecule has 3 amide bonds. The number of amides is 3. The largest absolute Gasteiger partial charge is 0.481 e. The quantitative estimate of drug-likeness (QED) is 0.130. The fraction of sp³-hybridized carbons (Fsp3) is 0.387. The highest BCUT2D eigenvalue weighted by atomic mass is 16.4. The molecule has 1 aromatic heterocycles. The van der Waals surface area contributed by atoms with E-state index in [0.29, 0.717) is 0 Å². The van der Waals surface area contributed by atoms with Crippen molar-refractivity contribution in [3.05, 3.63) is 71.9 Å². The van der Waals surface area contributed by atoms with Gasteiger partial charge in [0.1, 0.15) is 18.1 Å². The van der Waals surface area contributed by atoms with Crippen molar-refractivity contribution in [1.29, 1.82) is 0 Å². The molecular weight excluding hydrogens is 554 g/mol. The second kappa shape index (κ2) is 15.5. The number of carbonyl (C=O) groups is 5. The Kier molecular flexibility index (Phi) is 11.8. The Morgan fingerprint density at radius 2 is 1.37 bits per heavy atom. The molecule has 4 atom stereocenters. The van der Waals surface area contributed by atoms with Gasteiger partial charge in [0.15, 0.2) is 0 Å². The number of hydrogen-bond donors (Lipinski definition) is 7. The Labute approximate surface area is 249 Å². The highest BCUT2D eigenvalue weighted by Gasteiger charge is 2.31. The molecule has 2 aromatic carbocycles. The molecule has 230 valence electrons. The zero-order chi connectivity index (χ0) is 31.5. The number of para-hydroxylation sites is 1. The van der Waals surface area contributed by atoms with Crippen LogP contribution in [0.4, 0.5) is 0 Å². The van der Waals surface area contributed by atoms with Crippen molar-refractivity contribution in [2.75, 3.05) is 0 Å². The fourth-order valence-electron chi connectivity index (χ4n) is 4.72. The molecule has 0 bridgehead atoms. The zero-order valence-electron chi connectivity index (χ0n) is 24.2. The molecule has 3 aromatic rings. The van der Waals surface area contributed by atoms with Crippen molar-refractivity contribution in [2.45, 2.75) is 70.1 Å². The van der Waals surface area contributed by atoms with Gasteiger partial charge in [0.05, 0.1) is 6.04 Å². The van der Waals surface area contributed by atoms with Gasteiger partial charge in [-0.1, -0.05) is 62.4 Å². The number of aromatic nitrogens is 1. The third-order valence-corrected chi connectivity index (χ3v) is 6.98. The van der Waals surface area contributed by atoms with Gasteiger partial charge in [-0.3, -0.25) is 19.2 Å². The first-order valence-electron chi connectivity index (χ1n) is 14.1. The van der Waals surface area contributed by atoms with Crippen molar-refractivity contribution in [2.24, 2.45) is 11.7 Å². The molecule has 12 heteroatoms. The molecule has 43 heavy (non-hydrogen) atoms. The zero-order valence-corrected chi connectivity index (χ0v) is 24.2. The van der Waals surface area contributed by atoms with E-state index in [4.69, 9.17) is 10.8 Å². The molecule has 0 aliphatic carbocycles. The smallest absolute Gasteiger partial charge is 0.326 e. The van der Waals surface area contributed by atoms with Crippen LogP contribution in [0.5, 0.6) is 0 Å². The summed E-state index contributed by atoms with van der Waals surface area (Å²) in [7, 11) is 0. The maximum absolute atomic E-state index is 13.7. The van der Waals surface area contributed by atoms with Crippen LogP contribution < -0.4 is 21.7 Å². The van der Waals surface area contributed by atoms with Crippen LogP contribution in [0.25, 0.3) is 10.9 Å². The SMILES string of the molecule is CC(C)CC(NC(=O)C(Cc1c[nH]c2ccccc12)NC(=O)C(Cc1ccccc1)NC(=O)C(N)CCC(=O)O)C(=O)O. The molecule has 12 nitrogen and oxygen atoms in total. The van der Waals surface area contributed by atoms with Crippen molar-refractivity contribution in [1.82, 2.24) is 20.9 Å². The van der Waals surface area contributed by atoms with Crippen molar-refractivity contribution >= 4 is 40.6 Å². The molecule has 0 aliphatic heterocycles. The van der Waals surface area contributed by atoms with E-state index in [-0.39, 0.29) is 38.0 Å². The van der Waals surface area contributed by atoms with Crippen LogP contribution in [0.1, 0.15) is 44.2 Å². The van der Waals surface area contributed by atoms with E-state index < -0.39 is 53.8 Å². The lowest BCUT2D eigenvalue weighted by Gasteiger charge is -2.26. The number of fused-ring (bicyclic) bond motifs is 1. The minimum atomic E-state index is -1.19. The van der Waals surface area contributed by atoms with E-state index in [2.05, 4.69) is 20.9 Å². The summed E-state index contributed by atoms with van der Waals surface area (Å²) in [4.78, 5) is 66.1. The Hall–Kier alpha value is -4.71. The van der Waals surface area contributed by atoms with E-state index in [1.54, 1.807) is 36.5 Å². The predicted molar refractivity (Wildman–Crippen MR) is 160 cm³/mol. The lowest BCUT2D eigenvalue weighted by Crippen LogP contribution is -2.58. The molecule has 0 spiro atoms. The Morgan fingerprint density at radius 1 is 0.791 bits per heavy atom. The molecule has 0 fully saturated rings. The van der Waals surface area contributed by atoms with Gasteiger partial charge in [-0.15, -0.1) is 0 Å². The summed E-state index contributed by atoms with van der Waals surface area (Å²) in [5.41, 5.74) is 8.17. The number of carboxylic acids is 2. The molecule has 0 radical (unpaired) electrons. The number of hydrogen-bond acceptors (Lipinski definition) is 6. The molecule has 0 aliphatic rings. The monoisotopic (exact) mass is 593 g/mol. The number of nitrogens with two attached hydrogens (primary N) is 1. The summed E-state index contributed by atoms with van der Waals surface area (Å²) in [5.74, 6) is -4.39. The Morgan fingerprint density at radius 3 is 2.00 bits per heavy atom. The second-order valence-corrected chi connectivity index (χ2v) is 10.9. The second-order valence-electron chi connectivity index (χ2n) is 10.9. The first kappa shape index (κ1) is 32.8. The van der Waals surface area contributed by atoms with Crippen LogP contribution in [0.3, 0.4) is 0 Å². The lowest BCUT2D eigenvalue weighted by atomic mass is 10.00. The first-order valence-corrected chi connectivity index (χ1v) is 14.1. The lowest BCUT2D eigenvalue weighted by molar-refractivity contribution is -0.143. The molecule has 0 saturated heterocycles. The fourth-order valence-corrected chi connectivity index (χ4v) is 4.72. The van der Waals surface area contributed by atoms with Crippen LogP contribution in [-0.4, -0.2) is 69.0 Å². The number of rotatable bonds is 16. The topological polar surface area (TPSA) is 204 Å². The number of nitrogens with one attached hydrogen (secondary N) is 4. The molecule has 8 N–H and O–H groups in total. The van der Waals surface area contributed by atoms with Crippen LogP contribution in [0.15, 0.2) is 60.8 Å². The Bertz CT molecular complexity index is 1420. The highest BCUT2D eigenvalue weighted by Crippen LogP contribution is 2.20. The van der Waals surface area contributed by atoms with Gasteiger partial charge in [0.25, 0.3) is 0 Å². The van der Waals surface area contributed by atoms with Crippen LogP contribution in [-0.2, 0) is 36.8 Å². The number of H-pyrrole nitrogens is 1. The van der Waals surface area contributed by atoms with Gasteiger partial charge in [0.2, 0.25) is 17.7 Å². The standard InChI is InChI=1S/C31H39N5O7/c1-18(2)14-26(31(42)43)36-30(41)25(16-20-17-33-23-11-7-6-10-21(20)23)35-29(40)24(15-19-8-4-3-5-9-19)34-28(39)22(32)12-13-27(37)38/h3-11,17-18,22,24-26,33H,12-16,32H2,1-2H3,(H,34,39)(H,35,40)(H,36,41)(H,37,38)(H,42,43). The molecule has 1 heterocycles. The van der Waals surface area contributed by atoms with Gasteiger partial charge in [0, 0.05) is 36.4 Å². The average Bonchev–Trinajstić information content (AvgIpc) is 3.37. The normalized spacial score (nSPS) is 14.0. The molecular formula is C31H39N5O7. The van der Waals surface area contributed by atoms with E-state index in [1.165, 1.54) is 0 Å². The minimum absolute atomic E-state index is 0.0149. The maximum Gasteiger partial charge on any atom is 0.326 e. The van der Waals surface area contributed by atoms with Gasteiger partial charge in [-0.05, 0) is 36.0 Å². The number of aromatic amines is 1. The number of carbonyl (C=O) groups excluding carboxylic acids is 3. The van der Waals surface area contributed by atoms with Gasteiger partial charge in [-0.25, -0.2) is 4.79 Å². The van der Waals surface area contributed by atoms with Gasteiger partial charge < -0.3 is 36.9 Å². The summed E-state index contributed by atoms with van der Waals surface area (Å²) >= 11 is 0. The summed E-state index contributed by atoms with van der Waals surface area (Å²) in [6, 6.07) is 11.7. The van der Waals surface area contributed by atoms with Crippen LogP contribution in [0, 0.1) is 5.92 Å². The van der Waals surface area contributed by atoms with Crippen LogP contribution in [0.2, 0.25) is 0 Å². The van der Waals surface area contributed by atoms with Crippen LogP contribution >= 0.6 is 0 Å². The van der Waals surface area contributed by atoms with Crippen molar-refractivity contribution in [3.8, 4) is 0 Å². The summed E-state index contributed by atoms with van der Waals surface area (Å²) in [6.07, 6.45) is 1.58. The van der Waals surface area contributed by atoms with E-state index in [0.717, 1.165) is 22.0 Å². The summed E-state index contributed by atoms with van der Waals surface area (Å²) < 4.78 is 0. The summed E-state index contributed by atoms with van der Waals surface area (Å²) in [5, 5.41) is 27.4. The van der Waals surface area contributed by atoms with Gasteiger partial charge in [-0.2, -0.15) is 0 Å². The third kappa shape index (κ3) is 9.96. The maximum atomic E-state index is 13.7. The van der Waals surface area contributed by atoms with E-state index in [1.807, 2.05) is 38.1 Å². The summed E-state index contributed by atoms with van der Waals surface area (Å²) in [6.45, 7) is 3.68. The van der Waals surface area contributed by atoms with Crippen molar-refractivity contribution in [3.63, 3.8) is 0 Å². The highest BCUT2D eigenvalue weighted by molar-refractivity contribution is 5.95. The van der Waals surface area contributed by atoms with E-state index >= 15 is 0 Å². The number of benzene rings is 2. The predicted octanol–water partition coefficient (Wildman–Crippen LogP) is 1.73. The molecule has 0 saturated carbocycles.